The van der Waals surface area contributed by atoms with Crippen molar-refractivity contribution in [2.45, 2.75) is 31.8 Å². The van der Waals surface area contributed by atoms with E-state index in [-0.39, 0.29) is 6.04 Å². The van der Waals surface area contributed by atoms with E-state index in [1.165, 1.54) is 6.42 Å². The second-order valence-electron chi connectivity index (χ2n) is 3.78. The lowest BCUT2D eigenvalue weighted by Crippen LogP contribution is -2.38. The van der Waals surface area contributed by atoms with E-state index in [1.54, 1.807) is 6.20 Å². The Hall–Kier alpha value is -0.870. The first kappa shape index (κ1) is 9.68. The van der Waals surface area contributed by atoms with Gasteiger partial charge in [0, 0.05) is 25.0 Å². The van der Waals surface area contributed by atoms with Gasteiger partial charge in [-0.2, -0.15) is 0 Å². The summed E-state index contributed by atoms with van der Waals surface area (Å²) in [7, 11) is 0. The van der Waals surface area contributed by atoms with Gasteiger partial charge < -0.3 is 15.0 Å². The molecule has 78 valence electrons. The van der Waals surface area contributed by atoms with Crippen LogP contribution in [-0.2, 0) is 4.74 Å². The molecular weight excluding hydrogens is 178 g/mol. The Morgan fingerprint density at radius 1 is 1.71 bits per heavy atom. The molecule has 2 heterocycles. The molecule has 0 amide bonds. The minimum Gasteiger partial charge on any atom is -0.380 e. The van der Waals surface area contributed by atoms with Crippen LogP contribution in [-0.4, -0.2) is 29.2 Å². The summed E-state index contributed by atoms with van der Waals surface area (Å²) in [5.41, 5.74) is 0. The van der Waals surface area contributed by atoms with Crippen molar-refractivity contribution in [2.75, 3.05) is 13.2 Å². The SMILES string of the molecule is CC(NC1CCCOC1)c1ncc[nH]1. The molecule has 4 heteroatoms. The van der Waals surface area contributed by atoms with Gasteiger partial charge in [-0.05, 0) is 19.8 Å². The summed E-state index contributed by atoms with van der Waals surface area (Å²) in [4.78, 5) is 7.33. The van der Waals surface area contributed by atoms with Crippen molar-refractivity contribution in [3.63, 3.8) is 0 Å². The summed E-state index contributed by atoms with van der Waals surface area (Å²) < 4.78 is 5.41. The average Bonchev–Trinajstić information content (AvgIpc) is 2.72. The van der Waals surface area contributed by atoms with Gasteiger partial charge in [-0.3, -0.25) is 0 Å². The normalized spacial score (nSPS) is 24.8. The van der Waals surface area contributed by atoms with Crippen LogP contribution in [0.3, 0.4) is 0 Å². The predicted octanol–water partition coefficient (Wildman–Crippen LogP) is 1.24. The quantitative estimate of drug-likeness (QED) is 0.763. The second kappa shape index (κ2) is 4.57. The molecule has 1 aromatic heterocycles. The highest BCUT2D eigenvalue weighted by Crippen LogP contribution is 2.12. The smallest absolute Gasteiger partial charge is 0.122 e. The molecule has 2 N–H and O–H groups in total. The molecule has 4 nitrogen and oxygen atoms in total. The van der Waals surface area contributed by atoms with E-state index >= 15 is 0 Å². The van der Waals surface area contributed by atoms with E-state index in [1.807, 2.05) is 6.20 Å². The molecule has 2 atom stereocenters. The van der Waals surface area contributed by atoms with Crippen LogP contribution in [0.15, 0.2) is 12.4 Å². The van der Waals surface area contributed by atoms with E-state index in [4.69, 9.17) is 4.74 Å². The molecule has 1 fully saturated rings. The maximum absolute atomic E-state index is 5.41. The number of aromatic amines is 1. The maximum atomic E-state index is 5.41. The van der Waals surface area contributed by atoms with Crippen LogP contribution in [0.25, 0.3) is 0 Å². The molecule has 1 aliphatic heterocycles. The molecule has 0 bridgehead atoms. The van der Waals surface area contributed by atoms with Crippen LogP contribution < -0.4 is 5.32 Å². The Morgan fingerprint density at radius 3 is 3.29 bits per heavy atom. The van der Waals surface area contributed by atoms with Crippen LogP contribution in [0, 0.1) is 0 Å². The zero-order chi connectivity index (χ0) is 9.80. The van der Waals surface area contributed by atoms with E-state index in [9.17, 15) is 0 Å². The number of imidazole rings is 1. The van der Waals surface area contributed by atoms with Gasteiger partial charge in [0.25, 0.3) is 0 Å². The van der Waals surface area contributed by atoms with E-state index < -0.39 is 0 Å². The summed E-state index contributed by atoms with van der Waals surface area (Å²) >= 11 is 0. The summed E-state index contributed by atoms with van der Waals surface area (Å²) in [5, 5.41) is 3.50. The van der Waals surface area contributed by atoms with Crippen molar-refractivity contribution < 1.29 is 4.74 Å². The number of H-pyrrole nitrogens is 1. The highest BCUT2D eigenvalue weighted by molar-refractivity contribution is 4.94. The summed E-state index contributed by atoms with van der Waals surface area (Å²) in [6, 6.07) is 0.751. The number of hydrogen-bond donors (Lipinski definition) is 2. The molecule has 1 saturated heterocycles. The lowest BCUT2D eigenvalue weighted by Gasteiger charge is -2.25. The van der Waals surface area contributed by atoms with E-state index in [2.05, 4.69) is 22.2 Å². The lowest BCUT2D eigenvalue weighted by atomic mass is 10.1. The fourth-order valence-electron chi connectivity index (χ4n) is 1.82. The van der Waals surface area contributed by atoms with Crippen molar-refractivity contribution in [2.24, 2.45) is 0 Å². The third kappa shape index (κ3) is 2.33. The second-order valence-corrected chi connectivity index (χ2v) is 3.78. The lowest BCUT2D eigenvalue weighted by molar-refractivity contribution is 0.0667. The van der Waals surface area contributed by atoms with Crippen LogP contribution in [0.5, 0.6) is 0 Å². The van der Waals surface area contributed by atoms with Gasteiger partial charge >= 0.3 is 0 Å². The van der Waals surface area contributed by atoms with E-state index in [0.29, 0.717) is 6.04 Å². The topological polar surface area (TPSA) is 49.9 Å². The monoisotopic (exact) mass is 195 g/mol. The Labute approximate surface area is 84.1 Å². The number of nitrogens with one attached hydrogen (secondary N) is 2. The molecule has 0 saturated carbocycles. The molecule has 1 aliphatic rings. The third-order valence-electron chi connectivity index (χ3n) is 2.58. The molecule has 1 aromatic rings. The van der Waals surface area contributed by atoms with Crippen LogP contribution in [0.1, 0.15) is 31.6 Å². The molecule has 2 rings (SSSR count). The van der Waals surface area contributed by atoms with Gasteiger partial charge in [-0.15, -0.1) is 0 Å². The molecule has 0 aromatic carbocycles. The van der Waals surface area contributed by atoms with Crippen molar-refractivity contribution in [3.05, 3.63) is 18.2 Å². The zero-order valence-electron chi connectivity index (χ0n) is 8.49. The predicted molar refractivity (Wildman–Crippen MR) is 54.0 cm³/mol. The van der Waals surface area contributed by atoms with E-state index in [0.717, 1.165) is 25.5 Å². The fraction of sp³-hybridized carbons (Fsp3) is 0.700. The van der Waals surface area contributed by atoms with Crippen molar-refractivity contribution in [3.8, 4) is 0 Å². The molecule has 0 radical (unpaired) electrons. The Morgan fingerprint density at radius 2 is 2.64 bits per heavy atom. The summed E-state index contributed by atoms with van der Waals surface area (Å²) in [6.07, 6.45) is 5.99. The summed E-state index contributed by atoms with van der Waals surface area (Å²) in [6.45, 7) is 3.85. The van der Waals surface area contributed by atoms with Gasteiger partial charge in [0.1, 0.15) is 5.82 Å². The largest absolute Gasteiger partial charge is 0.380 e. The number of ether oxygens (including phenoxy) is 1. The van der Waals surface area contributed by atoms with Crippen molar-refractivity contribution in [1.29, 1.82) is 0 Å². The Kier molecular flexibility index (Phi) is 3.16. The zero-order valence-corrected chi connectivity index (χ0v) is 8.49. The minimum absolute atomic E-state index is 0.275. The molecule has 14 heavy (non-hydrogen) atoms. The fourth-order valence-corrected chi connectivity index (χ4v) is 1.82. The van der Waals surface area contributed by atoms with Gasteiger partial charge in [0.2, 0.25) is 0 Å². The number of hydrogen-bond acceptors (Lipinski definition) is 3. The number of nitrogens with zero attached hydrogens (tertiary/aromatic N) is 1. The maximum Gasteiger partial charge on any atom is 0.122 e. The van der Waals surface area contributed by atoms with Gasteiger partial charge in [-0.1, -0.05) is 0 Å². The van der Waals surface area contributed by atoms with Gasteiger partial charge in [-0.25, -0.2) is 4.98 Å². The first-order valence-corrected chi connectivity index (χ1v) is 5.19. The number of aromatic nitrogens is 2. The van der Waals surface area contributed by atoms with Crippen LogP contribution in [0.4, 0.5) is 0 Å². The average molecular weight is 195 g/mol. The van der Waals surface area contributed by atoms with Gasteiger partial charge in [0.15, 0.2) is 0 Å². The molecule has 2 unspecified atom stereocenters. The standard InChI is InChI=1S/C10H17N3O/c1-8(10-11-4-5-12-10)13-9-3-2-6-14-7-9/h4-5,8-9,13H,2-3,6-7H2,1H3,(H,11,12). The Bertz CT molecular complexity index is 254. The highest BCUT2D eigenvalue weighted by atomic mass is 16.5. The third-order valence-corrected chi connectivity index (χ3v) is 2.58. The molecule has 0 aliphatic carbocycles. The van der Waals surface area contributed by atoms with Crippen molar-refractivity contribution >= 4 is 0 Å². The van der Waals surface area contributed by atoms with Crippen LogP contribution >= 0.6 is 0 Å². The van der Waals surface area contributed by atoms with Crippen LogP contribution in [0.2, 0.25) is 0 Å². The molecule has 0 spiro atoms. The van der Waals surface area contributed by atoms with Crippen molar-refractivity contribution in [1.82, 2.24) is 15.3 Å². The molecular formula is C10H17N3O. The first-order valence-electron chi connectivity index (χ1n) is 5.19. The summed E-state index contributed by atoms with van der Waals surface area (Å²) in [5.74, 6) is 0.996. The minimum atomic E-state index is 0.275. The number of rotatable bonds is 3. The first-order chi connectivity index (χ1) is 6.86. The Balaban J connectivity index is 1.84. The highest BCUT2D eigenvalue weighted by Gasteiger charge is 2.17. The van der Waals surface area contributed by atoms with Gasteiger partial charge in [0.05, 0.1) is 12.6 Å².